The van der Waals surface area contributed by atoms with Crippen molar-refractivity contribution in [3.8, 4) is 0 Å². The van der Waals surface area contributed by atoms with Crippen molar-refractivity contribution in [3.63, 3.8) is 0 Å². The normalized spacial score (nSPS) is 20.1. The number of aliphatic hydroxyl groups excluding tert-OH is 2. The predicted octanol–water partition coefficient (Wildman–Crippen LogP) is 0.908. The second kappa shape index (κ2) is 10.4. The number of carbonyl (C=O) groups is 3. The van der Waals surface area contributed by atoms with Gasteiger partial charge in [-0.05, 0) is 40.2 Å². The highest BCUT2D eigenvalue weighted by Crippen LogP contribution is 2.21. The predicted molar refractivity (Wildman–Crippen MR) is 95.8 cm³/mol. The number of allylic oxidation sites excluding steroid dienone is 4. The van der Waals surface area contributed by atoms with Crippen LogP contribution >= 0.6 is 11.6 Å². The third kappa shape index (κ3) is 9.10. The fourth-order valence-corrected chi connectivity index (χ4v) is 2.39. The van der Waals surface area contributed by atoms with Gasteiger partial charge in [0.15, 0.2) is 18.0 Å². The van der Waals surface area contributed by atoms with Gasteiger partial charge in [-0.25, -0.2) is 9.59 Å². The van der Waals surface area contributed by atoms with Crippen LogP contribution in [-0.4, -0.2) is 61.9 Å². The van der Waals surface area contributed by atoms with E-state index < -0.39 is 24.1 Å². The van der Waals surface area contributed by atoms with Crippen molar-refractivity contribution in [1.29, 1.82) is 0 Å². The van der Waals surface area contributed by atoms with Gasteiger partial charge in [0, 0.05) is 16.5 Å². The molecule has 0 amide bonds. The summed E-state index contributed by atoms with van der Waals surface area (Å²) in [5, 5.41) is 36.5. The monoisotopic (exact) mass is 391 g/mol. The minimum atomic E-state index is -2.27. The molecule has 4 atom stereocenters. The Hall–Kier alpha value is -1.74. The van der Waals surface area contributed by atoms with Gasteiger partial charge in [-0.3, -0.25) is 4.79 Å². The lowest BCUT2D eigenvalue weighted by atomic mass is 9.91. The number of carbonyl (C=O) groups excluding carboxylic acids is 1. The van der Waals surface area contributed by atoms with E-state index in [1.807, 2.05) is 25.2 Å². The molecule has 0 radical (unpaired) electrons. The van der Waals surface area contributed by atoms with Crippen molar-refractivity contribution in [2.24, 2.45) is 5.92 Å². The minimum Gasteiger partial charge on any atom is -0.479 e. The summed E-state index contributed by atoms with van der Waals surface area (Å²) < 4.78 is 0. The summed E-state index contributed by atoms with van der Waals surface area (Å²) in [6.45, 7) is 8.08. The second-order valence-electron chi connectivity index (χ2n) is 6.88. The highest BCUT2D eigenvalue weighted by Gasteiger charge is 2.29. The Morgan fingerprint density at radius 3 is 1.96 bits per heavy atom. The lowest BCUT2D eigenvalue weighted by molar-refractivity contribution is -0.165. The molecule has 0 saturated heterocycles. The standard InChI is InChI=1S/C13H20ClNO.C4H6O6/c1-9(15-13(2,3)4)12(16)10-6-5-7-11(14)8-10;5-1(3(7)8)2(6)4(9)10/h5,7-10,15H,6H2,1-4H3;1-2,5-6H,(H,7,8)(H,9,10)/t9-,10-;/m0./s1. The molecule has 0 aromatic heterocycles. The lowest BCUT2D eigenvalue weighted by Gasteiger charge is -2.27. The number of halogens is 1. The Morgan fingerprint density at radius 1 is 1.15 bits per heavy atom. The van der Waals surface area contributed by atoms with Crippen molar-refractivity contribution in [2.75, 3.05) is 0 Å². The molecule has 9 heteroatoms. The molecule has 0 aliphatic heterocycles. The van der Waals surface area contributed by atoms with E-state index in [9.17, 15) is 14.4 Å². The fraction of sp³-hybridized carbons (Fsp3) is 0.588. The molecule has 1 aliphatic carbocycles. The SMILES string of the molecule is C[C@H](NC(C)(C)C)C(=O)[C@@H]1C=C(Cl)C=CC1.O=C(O)C(O)C(O)C(=O)O. The van der Waals surface area contributed by atoms with E-state index in [1.165, 1.54) is 0 Å². The van der Waals surface area contributed by atoms with E-state index in [0.29, 0.717) is 5.03 Å². The molecule has 0 aromatic rings. The number of aliphatic carboxylic acids is 2. The van der Waals surface area contributed by atoms with Gasteiger partial charge in [0.1, 0.15) is 0 Å². The molecule has 1 aliphatic rings. The molecule has 0 fully saturated rings. The Labute approximate surface area is 157 Å². The Kier molecular flexibility index (Phi) is 9.72. The summed E-state index contributed by atoms with van der Waals surface area (Å²) in [6.07, 6.45) is 1.85. The molecule has 26 heavy (non-hydrogen) atoms. The summed E-state index contributed by atoms with van der Waals surface area (Å²) in [5.41, 5.74) is -0.0485. The first kappa shape index (κ1) is 24.3. The first-order chi connectivity index (χ1) is 11.8. The van der Waals surface area contributed by atoms with E-state index in [0.717, 1.165) is 6.42 Å². The number of carboxylic acid groups (broad SMARTS) is 2. The molecule has 2 unspecified atom stereocenters. The third-order valence-electron chi connectivity index (χ3n) is 3.27. The van der Waals surface area contributed by atoms with Gasteiger partial charge in [0.25, 0.3) is 0 Å². The molecule has 8 nitrogen and oxygen atoms in total. The van der Waals surface area contributed by atoms with Crippen LogP contribution < -0.4 is 5.32 Å². The number of hydrogen-bond donors (Lipinski definition) is 5. The maximum Gasteiger partial charge on any atom is 0.335 e. The summed E-state index contributed by atoms with van der Waals surface area (Å²) in [4.78, 5) is 31.7. The van der Waals surface area contributed by atoms with Crippen molar-refractivity contribution < 1.29 is 34.8 Å². The summed E-state index contributed by atoms with van der Waals surface area (Å²) in [5.74, 6) is -3.41. The fourth-order valence-electron chi connectivity index (χ4n) is 2.15. The molecule has 5 N–H and O–H groups in total. The maximum atomic E-state index is 12.1. The molecule has 0 spiro atoms. The van der Waals surface area contributed by atoms with Crippen molar-refractivity contribution in [2.45, 2.75) is 57.9 Å². The number of ketones is 1. The molecular formula is C17H26ClNO7. The number of nitrogens with one attached hydrogen (secondary N) is 1. The van der Waals surface area contributed by atoms with Gasteiger partial charge in [-0.2, -0.15) is 0 Å². The van der Waals surface area contributed by atoms with Crippen molar-refractivity contribution in [3.05, 3.63) is 23.3 Å². The van der Waals surface area contributed by atoms with E-state index in [4.69, 9.17) is 32.0 Å². The van der Waals surface area contributed by atoms with Crippen molar-refractivity contribution >= 4 is 29.3 Å². The lowest BCUT2D eigenvalue weighted by Crippen LogP contribution is -2.47. The van der Waals surface area contributed by atoms with Crippen LogP contribution in [-0.2, 0) is 14.4 Å². The molecule has 1 rings (SSSR count). The van der Waals surface area contributed by atoms with Gasteiger partial charge >= 0.3 is 11.9 Å². The zero-order chi connectivity index (χ0) is 20.7. The van der Waals surface area contributed by atoms with Crippen LogP contribution in [0.1, 0.15) is 34.1 Å². The Balaban J connectivity index is 0.000000541. The molecule has 0 heterocycles. The van der Waals surface area contributed by atoms with Gasteiger partial charge in [0.2, 0.25) is 0 Å². The van der Waals surface area contributed by atoms with E-state index in [-0.39, 0.29) is 23.3 Å². The maximum absolute atomic E-state index is 12.1. The number of Topliss-reactive ketones (excluding diaryl/α,β-unsaturated/α-hetero) is 1. The van der Waals surface area contributed by atoms with Gasteiger partial charge in [-0.1, -0.05) is 23.8 Å². The van der Waals surface area contributed by atoms with Crippen LogP contribution in [0.5, 0.6) is 0 Å². The van der Waals surface area contributed by atoms with E-state index in [2.05, 4.69) is 26.1 Å². The van der Waals surface area contributed by atoms with Crippen LogP contribution in [0.2, 0.25) is 0 Å². The molecule has 0 saturated carbocycles. The second-order valence-corrected chi connectivity index (χ2v) is 7.32. The molecular weight excluding hydrogens is 366 g/mol. The van der Waals surface area contributed by atoms with E-state index >= 15 is 0 Å². The average molecular weight is 392 g/mol. The summed E-state index contributed by atoms with van der Waals surface area (Å²) in [7, 11) is 0. The topological polar surface area (TPSA) is 144 Å². The summed E-state index contributed by atoms with van der Waals surface area (Å²) >= 11 is 5.89. The number of hydrogen-bond acceptors (Lipinski definition) is 6. The average Bonchev–Trinajstić information content (AvgIpc) is 2.51. The molecule has 0 aromatic carbocycles. The quantitative estimate of drug-likeness (QED) is 0.449. The highest BCUT2D eigenvalue weighted by atomic mass is 35.5. The number of carboxylic acids is 2. The number of rotatable bonds is 6. The van der Waals surface area contributed by atoms with Crippen LogP contribution in [0.25, 0.3) is 0 Å². The first-order valence-corrected chi connectivity index (χ1v) is 8.31. The van der Waals surface area contributed by atoms with Crippen molar-refractivity contribution in [1.82, 2.24) is 5.32 Å². The molecule has 0 bridgehead atoms. The largest absolute Gasteiger partial charge is 0.479 e. The van der Waals surface area contributed by atoms with Gasteiger partial charge in [0.05, 0.1) is 6.04 Å². The molecule has 148 valence electrons. The Morgan fingerprint density at radius 2 is 1.62 bits per heavy atom. The summed E-state index contributed by atoms with van der Waals surface area (Å²) in [6, 6.07) is -0.141. The zero-order valence-corrected chi connectivity index (χ0v) is 15.9. The van der Waals surface area contributed by atoms with Crippen LogP contribution in [0, 0.1) is 5.92 Å². The number of aliphatic hydroxyl groups is 2. The third-order valence-corrected chi connectivity index (χ3v) is 3.53. The van der Waals surface area contributed by atoms with Gasteiger partial charge in [-0.15, -0.1) is 0 Å². The van der Waals surface area contributed by atoms with Crippen LogP contribution in [0.4, 0.5) is 0 Å². The Bertz CT molecular complexity index is 562. The smallest absolute Gasteiger partial charge is 0.335 e. The minimum absolute atomic E-state index is 0.0485. The first-order valence-electron chi connectivity index (χ1n) is 7.93. The van der Waals surface area contributed by atoms with Crippen LogP contribution in [0.15, 0.2) is 23.3 Å². The van der Waals surface area contributed by atoms with Gasteiger partial charge < -0.3 is 25.7 Å². The zero-order valence-electron chi connectivity index (χ0n) is 15.1. The van der Waals surface area contributed by atoms with E-state index in [1.54, 1.807) is 0 Å². The van der Waals surface area contributed by atoms with Crippen LogP contribution in [0.3, 0.4) is 0 Å². The highest BCUT2D eigenvalue weighted by molar-refractivity contribution is 6.31.